The van der Waals surface area contributed by atoms with Crippen molar-refractivity contribution in [3.05, 3.63) is 107 Å². The molecule has 0 saturated heterocycles. The highest BCUT2D eigenvalue weighted by molar-refractivity contribution is 6.09. The summed E-state index contributed by atoms with van der Waals surface area (Å²) in [4.78, 5) is 29.8. The van der Waals surface area contributed by atoms with Crippen LogP contribution in [0.2, 0.25) is 0 Å². The molecular weight excluding hydrogens is 636 g/mol. The molecule has 3 atom stereocenters. The van der Waals surface area contributed by atoms with Crippen molar-refractivity contribution < 1.29 is 35.9 Å². The van der Waals surface area contributed by atoms with E-state index in [-0.39, 0.29) is 28.8 Å². The average molecular weight is 668 g/mol. The van der Waals surface area contributed by atoms with Crippen LogP contribution in [-0.2, 0) is 18.0 Å². The molecule has 0 aliphatic heterocycles. The number of benzene rings is 2. The molecule has 1 aliphatic carbocycles. The van der Waals surface area contributed by atoms with E-state index in [1.54, 1.807) is 18.5 Å². The van der Waals surface area contributed by atoms with E-state index in [1.807, 2.05) is 0 Å². The van der Waals surface area contributed by atoms with Gasteiger partial charge in [0.25, 0.3) is 0 Å². The van der Waals surface area contributed by atoms with Crippen LogP contribution >= 0.6 is 0 Å². The van der Waals surface area contributed by atoms with Gasteiger partial charge in [-0.3, -0.25) is 9.59 Å². The number of primary amides is 1. The molecular formula is C35H31F6N5O2. The SMILES string of the molecule is Cc1nc2cc(-c3cccn4c(C(=O)c5ccc(F)c(C(C=CC(N)=O)N[C@@H]6CCC[C@@H](F)C6)c5F)ccc34)c(C(F)(F)F)cc2n1C. The van der Waals surface area contributed by atoms with Gasteiger partial charge in [-0.25, -0.2) is 18.2 Å². The van der Waals surface area contributed by atoms with Crippen molar-refractivity contribution in [1.82, 2.24) is 19.3 Å². The van der Waals surface area contributed by atoms with Crippen LogP contribution in [0.1, 0.15) is 64.7 Å². The van der Waals surface area contributed by atoms with Crippen LogP contribution in [0.5, 0.6) is 0 Å². The third-order valence-corrected chi connectivity index (χ3v) is 8.92. The Hall–Kier alpha value is -4.91. The summed E-state index contributed by atoms with van der Waals surface area (Å²) in [5.41, 5.74) is 4.09. The summed E-state index contributed by atoms with van der Waals surface area (Å²) < 4.78 is 91.7. The number of fused-ring (bicyclic) bond motifs is 2. The number of aromatic nitrogens is 3. The number of alkyl halides is 4. The van der Waals surface area contributed by atoms with E-state index < -0.39 is 64.4 Å². The first-order valence-corrected chi connectivity index (χ1v) is 15.3. The van der Waals surface area contributed by atoms with Gasteiger partial charge in [0.05, 0.1) is 39.4 Å². The summed E-state index contributed by atoms with van der Waals surface area (Å²) in [6.07, 6.45) is -0.709. The van der Waals surface area contributed by atoms with E-state index in [4.69, 9.17) is 5.73 Å². The maximum absolute atomic E-state index is 16.2. The van der Waals surface area contributed by atoms with E-state index in [0.29, 0.717) is 36.1 Å². The minimum atomic E-state index is -4.72. The predicted octanol–water partition coefficient (Wildman–Crippen LogP) is 7.28. The number of ketones is 1. The summed E-state index contributed by atoms with van der Waals surface area (Å²) in [6, 6.07) is 8.32. The Kier molecular flexibility index (Phi) is 8.67. The summed E-state index contributed by atoms with van der Waals surface area (Å²) in [5.74, 6) is -3.43. The molecule has 6 rings (SSSR count). The highest BCUT2D eigenvalue weighted by Crippen LogP contribution is 2.41. The molecule has 0 spiro atoms. The van der Waals surface area contributed by atoms with Gasteiger partial charge in [-0.2, -0.15) is 13.2 Å². The molecule has 1 amide bonds. The fraction of sp³-hybridized carbons (Fsp3) is 0.286. The molecule has 1 saturated carbocycles. The van der Waals surface area contributed by atoms with Gasteiger partial charge >= 0.3 is 6.18 Å². The normalized spacial score (nSPS) is 17.8. The van der Waals surface area contributed by atoms with Crippen LogP contribution in [-0.4, -0.2) is 37.9 Å². The molecule has 7 nitrogen and oxygen atoms in total. The van der Waals surface area contributed by atoms with Crippen molar-refractivity contribution in [3.8, 4) is 11.1 Å². The zero-order valence-electron chi connectivity index (χ0n) is 25.9. The number of carbonyl (C=O) groups excluding carboxylic acids is 2. The lowest BCUT2D eigenvalue weighted by atomic mass is 9.91. The van der Waals surface area contributed by atoms with Gasteiger partial charge in [0.1, 0.15) is 23.6 Å². The highest BCUT2D eigenvalue weighted by atomic mass is 19.4. The van der Waals surface area contributed by atoms with Gasteiger partial charge in [-0.05, 0) is 80.6 Å². The van der Waals surface area contributed by atoms with Crippen molar-refractivity contribution in [2.24, 2.45) is 12.8 Å². The van der Waals surface area contributed by atoms with Crippen molar-refractivity contribution >= 4 is 28.2 Å². The highest BCUT2D eigenvalue weighted by Gasteiger charge is 2.36. The topological polar surface area (TPSA) is 94.4 Å². The number of rotatable bonds is 8. The third kappa shape index (κ3) is 6.10. The molecule has 48 heavy (non-hydrogen) atoms. The van der Waals surface area contributed by atoms with Gasteiger partial charge < -0.3 is 20.0 Å². The van der Waals surface area contributed by atoms with Crippen LogP contribution in [0.3, 0.4) is 0 Å². The molecule has 3 aromatic heterocycles. The zero-order chi connectivity index (χ0) is 34.5. The first-order valence-electron chi connectivity index (χ1n) is 15.3. The molecule has 13 heteroatoms. The quantitative estimate of drug-likeness (QED) is 0.103. The fourth-order valence-electron chi connectivity index (χ4n) is 6.50. The molecule has 1 fully saturated rings. The van der Waals surface area contributed by atoms with Crippen molar-refractivity contribution in [3.63, 3.8) is 0 Å². The number of hydrogen-bond acceptors (Lipinski definition) is 4. The Labute approximate surface area is 271 Å². The second-order valence-corrected chi connectivity index (χ2v) is 12.0. The van der Waals surface area contributed by atoms with Crippen LogP contribution in [0.4, 0.5) is 26.3 Å². The number of hydrogen-bond donors (Lipinski definition) is 2. The molecule has 0 bridgehead atoms. The predicted molar refractivity (Wildman–Crippen MR) is 168 cm³/mol. The van der Waals surface area contributed by atoms with Gasteiger partial charge in [-0.1, -0.05) is 12.1 Å². The zero-order valence-corrected chi connectivity index (χ0v) is 25.9. The Morgan fingerprint density at radius 1 is 1.06 bits per heavy atom. The first kappa shape index (κ1) is 33.0. The number of nitrogens with one attached hydrogen (secondary N) is 1. The number of aryl methyl sites for hydroxylation is 2. The second-order valence-electron chi connectivity index (χ2n) is 12.0. The number of pyridine rings is 1. The van der Waals surface area contributed by atoms with E-state index in [2.05, 4.69) is 10.3 Å². The Morgan fingerprint density at radius 2 is 1.83 bits per heavy atom. The molecule has 3 N–H and O–H groups in total. The van der Waals surface area contributed by atoms with Crippen LogP contribution in [0.15, 0.2) is 66.9 Å². The maximum Gasteiger partial charge on any atom is 0.417 e. The first-order chi connectivity index (χ1) is 22.7. The molecule has 2 aromatic carbocycles. The Bertz CT molecular complexity index is 2100. The van der Waals surface area contributed by atoms with Gasteiger partial charge in [0.2, 0.25) is 11.7 Å². The molecule has 1 unspecified atom stereocenters. The number of amides is 1. The van der Waals surface area contributed by atoms with Crippen molar-refractivity contribution in [1.29, 1.82) is 0 Å². The second kappa shape index (κ2) is 12.6. The van der Waals surface area contributed by atoms with Crippen LogP contribution in [0, 0.1) is 18.6 Å². The van der Waals surface area contributed by atoms with E-state index >= 15 is 8.78 Å². The minimum Gasteiger partial charge on any atom is -0.366 e. The van der Waals surface area contributed by atoms with Crippen LogP contribution in [0.25, 0.3) is 27.7 Å². The van der Waals surface area contributed by atoms with E-state index in [9.17, 15) is 27.2 Å². The van der Waals surface area contributed by atoms with E-state index in [0.717, 1.165) is 30.4 Å². The molecule has 5 aromatic rings. The Morgan fingerprint density at radius 3 is 2.54 bits per heavy atom. The van der Waals surface area contributed by atoms with Gasteiger partial charge in [0.15, 0.2) is 0 Å². The van der Waals surface area contributed by atoms with Crippen molar-refractivity contribution in [2.45, 2.75) is 57.0 Å². The molecule has 250 valence electrons. The standard InChI is InChI=1S/C35H31F6N5O2/c1-18-43-27-16-23(24(35(39,40)41)17-30(27)45(18)2)21-7-4-14-46-28(21)11-12-29(46)34(48)22-8-9-25(37)32(33(22)38)26(10-13-31(42)47)44-20-6-3-5-19(36)15-20/h4,7-14,16-17,19-20,26,44H,3,5-6,15H2,1-2H3,(H2,42,47)/t19-,20-,26?/m1/s1. The Balaban J connectivity index is 1.43. The van der Waals surface area contributed by atoms with Crippen molar-refractivity contribution in [2.75, 3.05) is 0 Å². The van der Waals surface area contributed by atoms with E-state index in [1.165, 1.54) is 40.9 Å². The third-order valence-electron chi connectivity index (χ3n) is 8.92. The number of carbonyl (C=O) groups is 2. The number of nitrogens with zero attached hydrogens (tertiary/aromatic N) is 3. The smallest absolute Gasteiger partial charge is 0.366 e. The average Bonchev–Trinajstić information content (AvgIpc) is 3.58. The number of halogens is 6. The minimum absolute atomic E-state index is 0.0867. The number of imidazole rings is 1. The molecule has 3 heterocycles. The van der Waals surface area contributed by atoms with Gasteiger partial charge in [0, 0.05) is 36.5 Å². The lowest BCUT2D eigenvalue weighted by Gasteiger charge is -2.29. The summed E-state index contributed by atoms with van der Waals surface area (Å²) >= 11 is 0. The lowest BCUT2D eigenvalue weighted by molar-refractivity contribution is -0.137. The summed E-state index contributed by atoms with van der Waals surface area (Å²) in [7, 11) is 1.62. The largest absolute Gasteiger partial charge is 0.417 e. The summed E-state index contributed by atoms with van der Waals surface area (Å²) in [6.45, 7) is 1.68. The maximum atomic E-state index is 16.2. The molecule has 1 aliphatic rings. The summed E-state index contributed by atoms with van der Waals surface area (Å²) in [5, 5.41) is 3.00. The molecule has 0 radical (unpaired) electrons. The fourth-order valence-corrected chi connectivity index (χ4v) is 6.50. The monoisotopic (exact) mass is 667 g/mol. The number of nitrogens with two attached hydrogens (primary N) is 1. The lowest BCUT2D eigenvalue weighted by Crippen LogP contribution is -2.37. The van der Waals surface area contributed by atoms with Crippen LogP contribution < -0.4 is 11.1 Å². The van der Waals surface area contributed by atoms with Gasteiger partial charge in [-0.15, -0.1) is 0 Å².